The van der Waals surface area contributed by atoms with Gasteiger partial charge >= 0.3 is 17.4 Å². The minimum atomic E-state index is -6.67. The zero-order valence-corrected chi connectivity index (χ0v) is 26.5. The molecule has 1 aliphatic heterocycles. The number of fused-ring (bicyclic) bond motifs is 1. The maximum Gasteiger partial charge on any atom is 0.432 e. The molecule has 1 unspecified atom stereocenters. The van der Waals surface area contributed by atoms with Crippen LogP contribution in [0.15, 0.2) is 41.3 Å². The van der Waals surface area contributed by atoms with Crippen LogP contribution < -0.4 is 4.74 Å². The zero-order chi connectivity index (χ0) is 32.6. The average Bonchev–Trinajstić information content (AvgIpc) is 3.49. The van der Waals surface area contributed by atoms with Crippen LogP contribution in [-0.2, 0) is 35.3 Å². The lowest BCUT2D eigenvalue weighted by molar-refractivity contribution is -0.266. The fraction of sp³-hybridized carbons (Fsp3) is 0.645. The van der Waals surface area contributed by atoms with Gasteiger partial charge in [0, 0.05) is 28.8 Å². The van der Waals surface area contributed by atoms with Crippen molar-refractivity contribution in [1.29, 1.82) is 0 Å². The Balaban J connectivity index is 0.000000182. The number of alkyl halides is 5. The Kier molecular flexibility index (Phi) is 9.99. The summed E-state index contributed by atoms with van der Waals surface area (Å²) < 4.78 is 112. The molecule has 4 bridgehead atoms. The SMILES string of the molecule is COCCOc1ccc([S+]2CCCC2)c2ccccc12.O=C(OC(C(F)(F)F)C(F)(F)S(=O)(=O)[O-])C12CC3CC(CC(C3)C1)C2. The van der Waals surface area contributed by atoms with Crippen LogP contribution in [0.4, 0.5) is 22.0 Å². The van der Waals surface area contributed by atoms with E-state index >= 15 is 0 Å². The second-order valence-electron chi connectivity index (χ2n) is 12.6. The van der Waals surface area contributed by atoms with Crippen molar-refractivity contribution in [2.24, 2.45) is 23.2 Å². The largest absolute Gasteiger partial charge is 0.743 e. The second-order valence-corrected chi connectivity index (χ2v) is 16.3. The molecule has 2 aromatic carbocycles. The monoisotopic (exact) mass is 680 g/mol. The van der Waals surface area contributed by atoms with E-state index in [4.69, 9.17) is 9.47 Å². The Bertz CT molecular complexity index is 1440. The van der Waals surface area contributed by atoms with Crippen LogP contribution in [0.25, 0.3) is 10.8 Å². The molecule has 7 rings (SSSR count). The number of methoxy groups -OCH3 is 1. The van der Waals surface area contributed by atoms with Crippen molar-refractivity contribution in [2.75, 3.05) is 31.8 Å². The molecule has 250 valence electrons. The van der Waals surface area contributed by atoms with E-state index in [-0.39, 0.29) is 37.0 Å². The van der Waals surface area contributed by atoms with Crippen LogP contribution >= 0.6 is 0 Å². The second kappa shape index (κ2) is 13.2. The summed E-state index contributed by atoms with van der Waals surface area (Å²) in [5.41, 5.74) is -1.29. The van der Waals surface area contributed by atoms with Crippen LogP contribution in [0.2, 0.25) is 0 Å². The maximum atomic E-state index is 13.5. The summed E-state index contributed by atoms with van der Waals surface area (Å²) in [4.78, 5) is 13.9. The first-order valence-corrected chi connectivity index (χ1v) is 18.0. The predicted octanol–water partition coefficient (Wildman–Crippen LogP) is 6.45. The van der Waals surface area contributed by atoms with Crippen molar-refractivity contribution in [3.05, 3.63) is 36.4 Å². The third-order valence-electron chi connectivity index (χ3n) is 9.36. The number of hydrogen-bond donors (Lipinski definition) is 0. The molecule has 0 aromatic heterocycles. The smallest absolute Gasteiger partial charge is 0.432 e. The van der Waals surface area contributed by atoms with Crippen molar-refractivity contribution in [1.82, 2.24) is 0 Å². The molecule has 0 amide bonds. The summed E-state index contributed by atoms with van der Waals surface area (Å²) in [5.74, 6) is 2.61. The van der Waals surface area contributed by atoms with E-state index < -0.39 is 39.0 Å². The molecule has 1 atom stereocenters. The van der Waals surface area contributed by atoms with Crippen LogP contribution in [-0.4, -0.2) is 68.3 Å². The zero-order valence-electron chi connectivity index (χ0n) is 24.8. The molecule has 45 heavy (non-hydrogen) atoms. The summed E-state index contributed by atoms with van der Waals surface area (Å²) in [6.45, 7) is 1.23. The Hall–Kier alpha value is -2.16. The fourth-order valence-electron chi connectivity index (χ4n) is 7.78. The number of hydrogen-bond acceptors (Lipinski definition) is 7. The molecule has 1 saturated heterocycles. The molecule has 7 nitrogen and oxygen atoms in total. The fourth-order valence-corrected chi connectivity index (χ4v) is 10.7. The van der Waals surface area contributed by atoms with Gasteiger partial charge in [0.05, 0.1) is 12.0 Å². The minimum Gasteiger partial charge on any atom is -0.743 e. The van der Waals surface area contributed by atoms with Gasteiger partial charge in [-0.25, -0.2) is 8.42 Å². The highest BCUT2D eigenvalue weighted by atomic mass is 32.2. The van der Waals surface area contributed by atoms with Gasteiger partial charge in [0.25, 0.3) is 6.10 Å². The topological polar surface area (TPSA) is 102 Å². The lowest BCUT2D eigenvalue weighted by atomic mass is 9.49. The first-order valence-electron chi connectivity index (χ1n) is 15.1. The van der Waals surface area contributed by atoms with E-state index in [0.29, 0.717) is 24.1 Å². The van der Waals surface area contributed by atoms with Gasteiger partial charge in [-0.2, -0.15) is 22.0 Å². The van der Waals surface area contributed by atoms with Gasteiger partial charge in [0.2, 0.25) is 0 Å². The lowest BCUT2D eigenvalue weighted by Crippen LogP contribution is -2.56. The van der Waals surface area contributed by atoms with Crippen molar-refractivity contribution < 1.29 is 53.9 Å². The van der Waals surface area contributed by atoms with Gasteiger partial charge in [0.15, 0.2) is 15.0 Å². The lowest BCUT2D eigenvalue weighted by Gasteiger charge is -2.55. The molecule has 5 fully saturated rings. The third-order valence-corrected chi connectivity index (χ3v) is 12.8. The Morgan fingerprint density at radius 1 is 0.933 bits per heavy atom. The van der Waals surface area contributed by atoms with Gasteiger partial charge in [-0.3, -0.25) is 4.79 Å². The van der Waals surface area contributed by atoms with E-state index in [1.54, 1.807) is 7.11 Å². The summed E-state index contributed by atoms with van der Waals surface area (Å²) in [7, 11) is -4.53. The van der Waals surface area contributed by atoms with E-state index in [0.717, 1.165) is 25.0 Å². The summed E-state index contributed by atoms with van der Waals surface area (Å²) in [6.07, 6.45) is -4.15. The van der Waals surface area contributed by atoms with Crippen molar-refractivity contribution >= 4 is 37.8 Å². The Morgan fingerprint density at radius 2 is 1.49 bits per heavy atom. The molecule has 1 heterocycles. The molecular weight excluding hydrogens is 643 g/mol. The predicted molar refractivity (Wildman–Crippen MR) is 157 cm³/mol. The highest BCUT2D eigenvalue weighted by Gasteiger charge is 2.65. The number of esters is 1. The average molecular weight is 681 g/mol. The molecule has 2 aromatic rings. The first kappa shape index (κ1) is 34.2. The summed E-state index contributed by atoms with van der Waals surface area (Å²) in [6, 6.07) is 13.0. The normalized spacial score (nSPS) is 27.2. The van der Waals surface area contributed by atoms with Crippen LogP contribution in [0.1, 0.15) is 51.4 Å². The maximum absolute atomic E-state index is 13.5. The van der Waals surface area contributed by atoms with E-state index in [1.807, 2.05) is 0 Å². The highest BCUT2D eigenvalue weighted by Crippen LogP contribution is 2.60. The molecule has 0 N–H and O–H groups in total. The number of carbonyl (C=O) groups excluding carboxylic acids is 1. The first-order chi connectivity index (χ1) is 21.1. The minimum absolute atomic E-state index is 0.131. The van der Waals surface area contributed by atoms with E-state index in [2.05, 4.69) is 41.1 Å². The Labute approximate surface area is 262 Å². The molecular formula is C31H37F5O7S2. The number of rotatable bonds is 9. The van der Waals surface area contributed by atoms with Crippen LogP contribution in [0.3, 0.4) is 0 Å². The van der Waals surface area contributed by atoms with Crippen LogP contribution in [0.5, 0.6) is 5.75 Å². The number of carbonyl (C=O) groups is 1. The molecule has 14 heteroatoms. The van der Waals surface area contributed by atoms with E-state index in [9.17, 15) is 39.7 Å². The van der Waals surface area contributed by atoms with Gasteiger partial charge in [-0.15, -0.1) is 0 Å². The van der Waals surface area contributed by atoms with Crippen molar-refractivity contribution in [2.45, 2.75) is 73.8 Å². The van der Waals surface area contributed by atoms with Crippen LogP contribution in [0, 0.1) is 23.2 Å². The van der Waals surface area contributed by atoms with Gasteiger partial charge in [0.1, 0.15) is 23.9 Å². The number of benzene rings is 2. The van der Waals surface area contributed by atoms with E-state index in [1.165, 1.54) is 40.0 Å². The number of ether oxygens (including phenoxy) is 3. The van der Waals surface area contributed by atoms with Gasteiger partial charge in [-0.1, -0.05) is 18.2 Å². The van der Waals surface area contributed by atoms with Gasteiger partial charge < -0.3 is 18.8 Å². The van der Waals surface area contributed by atoms with Crippen molar-refractivity contribution in [3.8, 4) is 5.75 Å². The summed E-state index contributed by atoms with van der Waals surface area (Å²) in [5, 5.41) is -3.18. The quantitative estimate of drug-likeness (QED) is 0.0987. The number of halogens is 5. The molecule has 0 radical (unpaired) electrons. The third kappa shape index (κ3) is 7.23. The summed E-state index contributed by atoms with van der Waals surface area (Å²) >= 11 is 0. The standard InChI is InChI=1S/C17H21O2S.C14H17F5O5S/c1-18-10-11-19-16-8-9-17(20-12-4-5-13-20)15-7-3-2-6-14(15)16;15-13(16,17)10(14(18,19)25(21,22)23)24-11(20)12-4-7-1-8(5-12)3-9(2-7)6-12/h2-3,6-9H,4-5,10-13H2,1H3;7-10H,1-6H2,(H,21,22,23)/q+1;/p-1. The molecule has 0 spiro atoms. The Morgan fingerprint density at radius 3 is 2.00 bits per heavy atom. The van der Waals surface area contributed by atoms with Crippen molar-refractivity contribution in [3.63, 3.8) is 0 Å². The highest BCUT2D eigenvalue weighted by molar-refractivity contribution is 7.97. The molecule has 4 aliphatic carbocycles. The van der Waals surface area contributed by atoms with Gasteiger partial charge in [-0.05, 0) is 87.3 Å². The molecule has 5 aliphatic rings. The molecule has 4 saturated carbocycles.